The summed E-state index contributed by atoms with van der Waals surface area (Å²) >= 11 is 3.18. The fourth-order valence-corrected chi connectivity index (χ4v) is 1.63. The lowest BCUT2D eigenvalue weighted by molar-refractivity contribution is -0.386. The van der Waals surface area contributed by atoms with Crippen molar-refractivity contribution >= 4 is 21.6 Å². The van der Waals surface area contributed by atoms with Crippen molar-refractivity contribution in [2.45, 2.75) is 12.5 Å². The maximum atomic E-state index is 10.6. The Hall–Kier alpha value is -0.940. The molecule has 0 saturated carbocycles. The van der Waals surface area contributed by atoms with Gasteiger partial charge in [0.1, 0.15) is 0 Å². The summed E-state index contributed by atoms with van der Waals surface area (Å²) in [5.41, 5.74) is 0.345. The largest absolute Gasteiger partial charge is 0.388 e. The van der Waals surface area contributed by atoms with Gasteiger partial charge in [-0.05, 0) is 12.5 Å². The fourth-order valence-electron chi connectivity index (χ4n) is 1.19. The predicted octanol–water partition coefficient (Wildman–Crippen LogP) is 2.41. The average molecular weight is 260 g/mol. The quantitative estimate of drug-likeness (QED) is 0.513. The number of nitrogens with zero attached hydrogens (tertiary/aromatic N) is 1. The molecule has 0 spiro atoms. The van der Waals surface area contributed by atoms with Crippen molar-refractivity contribution in [1.82, 2.24) is 0 Å². The summed E-state index contributed by atoms with van der Waals surface area (Å²) < 4.78 is 0. The first kappa shape index (κ1) is 11.1. The van der Waals surface area contributed by atoms with Crippen LogP contribution in [0.2, 0.25) is 0 Å². The van der Waals surface area contributed by atoms with Crippen LogP contribution in [-0.4, -0.2) is 15.4 Å². The van der Waals surface area contributed by atoms with E-state index >= 15 is 0 Å². The molecule has 0 saturated heterocycles. The van der Waals surface area contributed by atoms with Gasteiger partial charge in [-0.3, -0.25) is 10.1 Å². The Labute approximate surface area is 89.8 Å². The molecule has 14 heavy (non-hydrogen) atoms. The lowest BCUT2D eigenvalue weighted by atomic mass is 10.1. The van der Waals surface area contributed by atoms with Crippen LogP contribution < -0.4 is 0 Å². The molecule has 0 aromatic heterocycles. The van der Waals surface area contributed by atoms with Crippen LogP contribution in [0.15, 0.2) is 24.3 Å². The van der Waals surface area contributed by atoms with Gasteiger partial charge in [-0.2, -0.15) is 0 Å². The Kier molecular flexibility index (Phi) is 4.03. The highest BCUT2D eigenvalue weighted by atomic mass is 79.9. The van der Waals surface area contributed by atoms with Gasteiger partial charge in [0, 0.05) is 11.4 Å². The zero-order valence-electron chi connectivity index (χ0n) is 7.39. The third-order valence-corrected chi connectivity index (χ3v) is 2.33. The summed E-state index contributed by atoms with van der Waals surface area (Å²) in [6.45, 7) is 0. The average Bonchev–Trinajstić information content (AvgIpc) is 2.18. The highest BCUT2D eigenvalue weighted by Gasteiger charge is 2.18. The third kappa shape index (κ3) is 2.52. The van der Waals surface area contributed by atoms with E-state index in [2.05, 4.69) is 15.9 Å². The minimum atomic E-state index is -0.782. The van der Waals surface area contributed by atoms with Gasteiger partial charge in [-0.15, -0.1) is 0 Å². The molecular formula is C9H10BrNO3. The van der Waals surface area contributed by atoms with E-state index in [1.54, 1.807) is 18.2 Å². The monoisotopic (exact) mass is 259 g/mol. The first-order valence-corrected chi connectivity index (χ1v) is 5.26. The maximum Gasteiger partial charge on any atom is 0.275 e. The molecule has 0 aliphatic heterocycles. The second kappa shape index (κ2) is 5.07. The number of nitro groups is 1. The van der Waals surface area contributed by atoms with Crippen molar-refractivity contribution in [3.8, 4) is 0 Å². The lowest BCUT2D eigenvalue weighted by Gasteiger charge is -2.08. The molecule has 0 heterocycles. The van der Waals surface area contributed by atoms with E-state index in [9.17, 15) is 15.2 Å². The zero-order valence-corrected chi connectivity index (χ0v) is 8.98. The number of aliphatic hydroxyl groups excluding tert-OH is 1. The molecule has 0 aliphatic rings. The Morgan fingerprint density at radius 1 is 1.50 bits per heavy atom. The first-order valence-electron chi connectivity index (χ1n) is 4.14. The van der Waals surface area contributed by atoms with Crippen molar-refractivity contribution < 1.29 is 10.0 Å². The van der Waals surface area contributed by atoms with E-state index in [1.807, 2.05) is 0 Å². The van der Waals surface area contributed by atoms with Crippen LogP contribution in [0.3, 0.4) is 0 Å². The van der Waals surface area contributed by atoms with Crippen LogP contribution in [0.1, 0.15) is 18.1 Å². The Balaban J connectivity index is 3.00. The molecule has 1 aromatic rings. The third-order valence-electron chi connectivity index (χ3n) is 1.87. The molecule has 0 fully saturated rings. The topological polar surface area (TPSA) is 63.4 Å². The van der Waals surface area contributed by atoms with Gasteiger partial charge in [0.05, 0.1) is 16.6 Å². The Bertz CT molecular complexity index is 330. The van der Waals surface area contributed by atoms with Crippen LogP contribution in [0, 0.1) is 10.1 Å². The number of aliphatic hydroxyl groups is 1. The molecule has 5 heteroatoms. The Morgan fingerprint density at radius 2 is 2.14 bits per heavy atom. The number of nitro benzene ring substituents is 1. The van der Waals surface area contributed by atoms with E-state index in [0.29, 0.717) is 17.3 Å². The second-order valence-corrected chi connectivity index (χ2v) is 3.60. The number of benzene rings is 1. The molecule has 0 radical (unpaired) electrons. The van der Waals surface area contributed by atoms with Gasteiger partial charge in [-0.1, -0.05) is 28.1 Å². The molecular weight excluding hydrogens is 250 g/mol. The zero-order chi connectivity index (χ0) is 10.6. The van der Waals surface area contributed by atoms with E-state index in [4.69, 9.17) is 0 Å². The molecule has 1 unspecified atom stereocenters. The van der Waals surface area contributed by atoms with Crippen LogP contribution in [-0.2, 0) is 0 Å². The van der Waals surface area contributed by atoms with Gasteiger partial charge in [0.15, 0.2) is 0 Å². The number of para-hydroxylation sites is 1. The highest BCUT2D eigenvalue weighted by Crippen LogP contribution is 2.26. The number of halogens is 1. The van der Waals surface area contributed by atoms with Gasteiger partial charge in [-0.25, -0.2) is 0 Å². The first-order chi connectivity index (χ1) is 6.66. The number of hydrogen-bond acceptors (Lipinski definition) is 3. The lowest BCUT2D eigenvalue weighted by Crippen LogP contribution is -2.02. The molecule has 4 nitrogen and oxygen atoms in total. The predicted molar refractivity (Wildman–Crippen MR) is 56.5 cm³/mol. The molecule has 1 rings (SSSR count). The minimum Gasteiger partial charge on any atom is -0.388 e. The summed E-state index contributed by atoms with van der Waals surface area (Å²) in [7, 11) is 0. The number of alkyl halides is 1. The van der Waals surface area contributed by atoms with Crippen LogP contribution >= 0.6 is 15.9 Å². The van der Waals surface area contributed by atoms with Crippen molar-refractivity contribution in [2.75, 3.05) is 5.33 Å². The van der Waals surface area contributed by atoms with Gasteiger partial charge in [0.25, 0.3) is 5.69 Å². The molecule has 0 amide bonds. The van der Waals surface area contributed by atoms with Crippen LogP contribution in [0.25, 0.3) is 0 Å². The standard InChI is InChI=1S/C9H10BrNO3/c10-6-5-9(12)7-3-1-2-4-8(7)11(13)14/h1-4,9,12H,5-6H2. The molecule has 0 bridgehead atoms. The van der Waals surface area contributed by atoms with E-state index in [-0.39, 0.29) is 5.69 Å². The summed E-state index contributed by atoms with van der Waals surface area (Å²) in [4.78, 5) is 10.1. The normalized spacial score (nSPS) is 12.4. The maximum absolute atomic E-state index is 10.6. The van der Waals surface area contributed by atoms with Crippen molar-refractivity contribution in [3.05, 3.63) is 39.9 Å². The summed E-state index contributed by atoms with van der Waals surface area (Å²) in [6.07, 6.45) is -0.318. The molecule has 1 N–H and O–H groups in total. The molecule has 1 aromatic carbocycles. The van der Waals surface area contributed by atoms with Crippen molar-refractivity contribution in [3.63, 3.8) is 0 Å². The fraction of sp³-hybridized carbons (Fsp3) is 0.333. The highest BCUT2D eigenvalue weighted by molar-refractivity contribution is 9.09. The number of hydrogen-bond donors (Lipinski definition) is 1. The van der Waals surface area contributed by atoms with E-state index in [1.165, 1.54) is 6.07 Å². The number of rotatable bonds is 4. The SMILES string of the molecule is O=[N+]([O-])c1ccccc1C(O)CCBr. The Morgan fingerprint density at radius 3 is 2.71 bits per heavy atom. The van der Waals surface area contributed by atoms with Gasteiger partial charge < -0.3 is 5.11 Å². The van der Waals surface area contributed by atoms with Crippen LogP contribution in [0.5, 0.6) is 0 Å². The second-order valence-electron chi connectivity index (χ2n) is 2.81. The summed E-state index contributed by atoms with van der Waals surface area (Å²) in [5, 5.41) is 20.8. The molecule has 1 atom stereocenters. The minimum absolute atomic E-state index is 0.0269. The van der Waals surface area contributed by atoms with Gasteiger partial charge in [0.2, 0.25) is 0 Å². The van der Waals surface area contributed by atoms with Crippen LogP contribution in [0.4, 0.5) is 5.69 Å². The summed E-state index contributed by atoms with van der Waals surface area (Å²) in [6, 6.07) is 6.24. The van der Waals surface area contributed by atoms with Crippen molar-refractivity contribution in [2.24, 2.45) is 0 Å². The molecule has 0 aliphatic carbocycles. The van der Waals surface area contributed by atoms with Crippen molar-refractivity contribution in [1.29, 1.82) is 0 Å². The van der Waals surface area contributed by atoms with E-state index in [0.717, 1.165) is 0 Å². The smallest absolute Gasteiger partial charge is 0.275 e. The van der Waals surface area contributed by atoms with Gasteiger partial charge >= 0.3 is 0 Å². The van der Waals surface area contributed by atoms with E-state index < -0.39 is 11.0 Å². The summed E-state index contributed by atoms with van der Waals surface area (Å²) in [5.74, 6) is 0. The molecule has 76 valence electrons.